The largest absolute Gasteiger partial charge is 0.497 e. The van der Waals surface area contributed by atoms with E-state index in [0.29, 0.717) is 12.6 Å². The SMILES string of the molecule is COCCN(Cc1ccc(OC)cc1)C(=S)NC1CCCCCCC1. The molecule has 0 radical (unpaired) electrons. The van der Waals surface area contributed by atoms with E-state index in [2.05, 4.69) is 22.3 Å². The van der Waals surface area contributed by atoms with Gasteiger partial charge in [0.2, 0.25) is 0 Å². The van der Waals surface area contributed by atoms with Gasteiger partial charge in [0.15, 0.2) is 5.11 Å². The van der Waals surface area contributed by atoms with E-state index in [0.717, 1.165) is 24.0 Å². The van der Waals surface area contributed by atoms with Gasteiger partial charge in [-0.2, -0.15) is 0 Å². The van der Waals surface area contributed by atoms with Crippen LogP contribution in [-0.2, 0) is 11.3 Å². The second-order valence-electron chi connectivity index (χ2n) is 6.75. The molecule has 2 rings (SSSR count). The van der Waals surface area contributed by atoms with E-state index in [1.807, 2.05) is 12.1 Å². The van der Waals surface area contributed by atoms with Crippen molar-refractivity contribution in [3.63, 3.8) is 0 Å². The molecule has 0 heterocycles. The molecule has 4 nitrogen and oxygen atoms in total. The Morgan fingerprint density at radius 1 is 1.08 bits per heavy atom. The van der Waals surface area contributed by atoms with Gasteiger partial charge >= 0.3 is 0 Å². The lowest BCUT2D eigenvalue weighted by molar-refractivity contribution is 0.173. The summed E-state index contributed by atoms with van der Waals surface area (Å²) in [5.74, 6) is 0.877. The summed E-state index contributed by atoms with van der Waals surface area (Å²) in [6, 6.07) is 8.69. The lowest BCUT2D eigenvalue weighted by Gasteiger charge is -2.30. The topological polar surface area (TPSA) is 33.7 Å². The molecule has 0 unspecified atom stereocenters. The molecule has 0 spiro atoms. The van der Waals surface area contributed by atoms with Crippen molar-refractivity contribution in [2.75, 3.05) is 27.4 Å². The maximum Gasteiger partial charge on any atom is 0.169 e. The third-order valence-electron chi connectivity index (χ3n) is 4.82. The zero-order valence-corrected chi connectivity index (χ0v) is 16.4. The summed E-state index contributed by atoms with van der Waals surface area (Å²) in [7, 11) is 3.42. The number of rotatable bonds is 7. The summed E-state index contributed by atoms with van der Waals surface area (Å²) in [5.41, 5.74) is 1.22. The fourth-order valence-electron chi connectivity index (χ4n) is 3.27. The molecule has 0 amide bonds. The van der Waals surface area contributed by atoms with E-state index in [9.17, 15) is 0 Å². The van der Waals surface area contributed by atoms with Crippen LogP contribution in [0.25, 0.3) is 0 Å². The van der Waals surface area contributed by atoms with Crippen LogP contribution in [0.4, 0.5) is 0 Å². The number of nitrogens with one attached hydrogen (secondary N) is 1. The van der Waals surface area contributed by atoms with Gasteiger partial charge < -0.3 is 19.7 Å². The molecule has 0 aliphatic heterocycles. The van der Waals surface area contributed by atoms with Crippen LogP contribution in [0.2, 0.25) is 0 Å². The van der Waals surface area contributed by atoms with Crippen LogP contribution in [0.15, 0.2) is 24.3 Å². The van der Waals surface area contributed by atoms with Gasteiger partial charge in [0.25, 0.3) is 0 Å². The Morgan fingerprint density at radius 3 is 2.32 bits per heavy atom. The maximum absolute atomic E-state index is 5.73. The molecule has 1 aliphatic rings. The molecular formula is C20H32N2O2S. The predicted octanol–water partition coefficient (Wildman–Crippen LogP) is 4.13. The number of hydrogen-bond donors (Lipinski definition) is 1. The molecule has 1 aliphatic carbocycles. The van der Waals surface area contributed by atoms with Crippen molar-refractivity contribution in [3.8, 4) is 5.75 Å². The molecule has 140 valence electrons. The zero-order valence-electron chi connectivity index (χ0n) is 15.6. The number of benzene rings is 1. The van der Waals surface area contributed by atoms with Crippen molar-refractivity contribution in [2.24, 2.45) is 0 Å². The van der Waals surface area contributed by atoms with Gasteiger partial charge in [0, 0.05) is 26.2 Å². The van der Waals surface area contributed by atoms with Crippen LogP contribution in [0.3, 0.4) is 0 Å². The lowest BCUT2D eigenvalue weighted by atomic mass is 9.97. The third kappa shape index (κ3) is 7.20. The highest BCUT2D eigenvalue weighted by Crippen LogP contribution is 2.18. The molecule has 1 saturated carbocycles. The number of ether oxygens (including phenoxy) is 2. The van der Waals surface area contributed by atoms with E-state index in [1.165, 1.54) is 50.5 Å². The normalized spacial score (nSPS) is 15.9. The highest BCUT2D eigenvalue weighted by molar-refractivity contribution is 7.80. The Balaban J connectivity index is 1.94. The van der Waals surface area contributed by atoms with Gasteiger partial charge in [-0.15, -0.1) is 0 Å². The van der Waals surface area contributed by atoms with Crippen LogP contribution < -0.4 is 10.1 Å². The molecule has 1 aromatic carbocycles. The minimum Gasteiger partial charge on any atom is -0.497 e. The summed E-state index contributed by atoms with van der Waals surface area (Å²) in [6.45, 7) is 2.25. The van der Waals surface area contributed by atoms with E-state index < -0.39 is 0 Å². The smallest absolute Gasteiger partial charge is 0.169 e. The van der Waals surface area contributed by atoms with Gasteiger partial charge in [0.1, 0.15) is 5.75 Å². The first kappa shape index (κ1) is 20.0. The fraction of sp³-hybridized carbons (Fsp3) is 0.650. The molecule has 1 aromatic rings. The summed E-state index contributed by atoms with van der Waals surface area (Å²) in [5, 5.41) is 4.46. The highest BCUT2D eigenvalue weighted by atomic mass is 32.1. The maximum atomic E-state index is 5.73. The summed E-state index contributed by atoms with van der Waals surface area (Å²) in [6.07, 6.45) is 9.14. The molecule has 0 bridgehead atoms. The first-order valence-corrected chi connectivity index (χ1v) is 9.81. The van der Waals surface area contributed by atoms with Gasteiger partial charge in [-0.25, -0.2) is 0 Å². The van der Waals surface area contributed by atoms with Crippen molar-refractivity contribution in [1.82, 2.24) is 10.2 Å². The first-order valence-electron chi connectivity index (χ1n) is 9.40. The number of hydrogen-bond acceptors (Lipinski definition) is 3. The predicted molar refractivity (Wildman–Crippen MR) is 107 cm³/mol. The Morgan fingerprint density at radius 2 is 1.72 bits per heavy atom. The minimum absolute atomic E-state index is 0.508. The lowest BCUT2D eigenvalue weighted by Crippen LogP contribution is -2.45. The van der Waals surface area contributed by atoms with Crippen molar-refractivity contribution in [1.29, 1.82) is 0 Å². The number of thiocarbonyl (C=S) groups is 1. The van der Waals surface area contributed by atoms with Crippen LogP contribution in [0.1, 0.15) is 50.5 Å². The fourth-order valence-corrected chi connectivity index (χ4v) is 3.59. The molecule has 0 aromatic heterocycles. The van der Waals surface area contributed by atoms with E-state index in [1.54, 1.807) is 14.2 Å². The van der Waals surface area contributed by atoms with Crippen LogP contribution in [-0.4, -0.2) is 43.4 Å². The average Bonchev–Trinajstić information content (AvgIpc) is 2.61. The average molecular weight is 365 g/mol. The van der Waals surface area contributed by atoms with E-state index in [4.69, 9.17) is 21.7 Å². The minimum atomic E-state index is 0.508. The Bertz CT molecular complexity index is 499. The Labute approximate surface area is 157 Å². The van der Waals surface area contributed by atoms with E-state index >= 15 is 0 Å². The molecule has 1 fully saturated rings. The van der Waals surface area contributed by atoms with Crippen molar-refractivity contribution in [3.05, 3.63) is 29.8 Å². The van der Waals surface area contributed by atoms with Gasteiger partial charge in [0.05, 0.1) is 13.7 Å². The van der Waals surface area contributed by atoms with Crippen molar-refractivity contribution in [2.45, 2.75) is 57.5 Å². The number of nitrogens with zero attached hydrogens (tertiary/aromatic N) is 1. The summed E-state index contributed by atoms with van der Waals surface area (Å²) >= 11 is 5.73. The first-order chi connectivity index (χ1) is 12.2. The summed E-state index contributed by atoms with van der Waals surface area (Å²) in [4.78, 5) is 2.21. The third-order valence-corrected chi connectivity index (χ3v) is 5.19. The monoisotopic (exact) mass is 364 g/mol. The van der Waals surface area contributed by atoms with E-state index in [-0.39, 0.29) is 0 Å². The second-order valence-corrected chi connectivity index (χ2v) is 7.14. The Kier molecular flexibility index (Phi) is 9.05. The van der Waals surface area contributed by atoms with Crippen molar-refractivity contribution < 1.29 is 9.47 Å². The molecule has 25 heavy (non-hydrogen) atoms. The highest BCUT2D eigenvalue weighted by Gasteiger charge is 2.16. The standard InChI is InChI=1S/C20H32N2O2S/c1-23-15-14-22(16-17-10-12-19(24-2)13-11-17)20(25)21-18-8-6-4-3-5-7-9-18/h10-13,18H,3-9,14-16H2,1-2H3,(H,21,25). The zero-order chi connectivity index (χ0) is 17.9. The van der Waals surface area contributed by atoms with Gasteiger partial charge in [-0.05, 0) is 42.8 Å². The van der Waals surface area contributed by atoms with Crippen LogP contribution >= 0.6 is 12.2 Å². The van der Waals surface area contributed by atoms with Crippen LogP contribution in [0, 0.1) is 0 Å². The van der Waals surface area contributed by atoms with Crippen LogP contribution in [0.5, 0.6) is 5.75 Å². The molecule has 1 N–H and O–H groups in total. The number of methoxy groups -OCH3 is 2. The molecule has 0 atom stereocenters. The Hall–Kier alpha value is -1.33. The quantitative estimate of drug-likeness (QED) is 0.736. The molecule has 0 saturated heterocycles. The summed E-state index contributed by atoms with van der Waals surface area (Å²) < 4.78 is 10.5. The molecular weight excluding hydrogens is 332 g/mol. The molecule has 5 heteroatoms. The van der Waals surface area contributed by atoms with Gasteiger partial charge in [-0.1, -0.05) is 44.2 Å². The van der Waals surface area contributed by atoms with Gasteiger partial charge in [-0.3, -0.25) is 0 Å². The second kappa shape index (κ2) is 11.3. The van der Waals surface area contributed by atoms with Crippen molar-refractivity contribution >= 4 is 17.3 Å².